The van der Waals surface area contributed by atoms with Gasteiger partial charge in [-0.2, -0.15) is 0 Å². The van der Waals surface area contributed by atoms with Crippen LogP contribution >= 0.6 is 0 Å². The average Bonchev–Trinajstić information content (AvgIpc) is 3.10. The number of aromatic hydroxyl groups is 4. The molecule has 50 heavy (non-hydrogen) atoms. The molecule has 0 aliphatic carbocycles. The highest BCUT2D eigenvalue weighted by Gasteiger charge is 2.18. The van der Waals surface area contributed by atoms with E-state index in [0.29, 0.717) is 58.4 Å². The number of amides is 1. The molecule has 0 radical (unpaired) electrons. The molecule has 0 saturated heterocycles. The summed E-state index contributed by atoms with van der Waals surface area (Å²) >= 11 is 0. The third kappa shape index (κ3) is 14.5. The molecule has 0 spiro atoms. The molecule has 268 valence electrons. The molecule has 0 unspecified atom stereocenters. The van der Waals surface area contributed by atoms with Gasteiger partial charge in [-0.15, -0.1) is 0 Å². The second-order valence-electron chi connectivity index (χ2n) is 13.0. The summed E-state index contributed by atoms with van der Waals surface area (Å²) in [6, 6.07) is 28.7. The largest absolute Gasteiger partial charge is 0.508 e. The predicted molar refractivity (Wildman–Crippen MR) is 197 cm³/mol. The molecule has 0 heterocycles. The molecule has 4 atom stereocenters. The van der Waals surface area contributed by atoms with Gasteiger partial charge in [-0.05, 0) is 96.5 Å². The summed E-state index contributed by atoms with van der Waals surface area (Å²) in [5.74, 6) is 0.526. The Bertz CT molecular complexity index is 1550. The zero-order chi connectivity index (χ0) is 35.7. The van der Waals surface area contributed by atoms with Crippen molar-refractivity contribution in [1.29, 1.82) is 0 Å². The summed E-state index contributed by atoms with van der Waals surface area (Å²) in [4.78, 5) is 11.3. The molecule has 11 heteroatoms. The number of carbonyl (C=O) groups excluding carboxylic acids is 1. The molecule has 0 aromatic heterocycles. The van der Waals surface area contributed by atoms with Crippen molar-refractivity contribution in [2.75, 3.05) is 32.7 Å². The molecule has 0 aliphatic heterocycles. The van der Waals surface area contributed by atoms with E-state index in [2.05, 4.69) is 21.3 Å². The van der Waals surface area contributed by atoms with Gasteiger partial charge in [0.05, 0.1) is 0 Å². The average molecular weight is 685 g/mol. The van der Waals surface area contributed by atoms with Crippen LogP contribution in [-0.2, 0) is 30.5 Å². The summed E-state index contributed by atoms with van der Waals surface area (Å²) in [5, 5.41) is 53.6. The Morgan fingerprint density at radius 2 is 0.820 bits per heavy atom. The van der Waals surface area contributed by atoms with Crippen molar-refractivity contribution in [2.24, 2.45) is 11.5 Å². The molecule has 0 aliphatic rings. The monoisotopic (exact) mass is 684 g/mol. The number of primary amides is 1. The molecule has 0 bridgehead atoms. The standard InChI is InChI=1S/C39H52N6O5/c40-31(19-27-1-9-35(46)10-2-27)23-43-33(21-29-5-13-37(48)14-6-29)25-45-34(22-30-7-15-38(49)16-8-30)26-44-32(24-42-18-17-39(41)50)20-28-3-11-36(47)12-4-28/h1-16,31-34,42-49H,17-26,40H2,(H2,41,50)/t31-,32-,33-,34-/m0/s1. The molecule has 4 aromatic carbocycles. The lowest BCUT2D eigenvalue weighted by molar-refractivity contribution is -0.117. The summed E-state index contributed by atoms with van der Waals surface area (Å²) in [6.07, 6.45) is 3.05. The van der Waals surface area contributed by atoms with E-state index in [1.54, 1.807) is 48.5 Å². The van der Waals surface area contributed by atoms with Crippen LogP contribution in [0, 0.1) is 0 Å². The number of rotatable bonds is 22. The maximum atomic E-state index is 11.3. The van der Waals surface area contributed by atoms with Crippen LogP contribution in [0.25, 0.3) is 0 Å². The number of nitrogens with two attached hydrogens (primary N) is 2. The van der Waals surface area contributed by atoms with Gasteiger partial charge in [0.25, 0.3) is 0 Å². The Morgan fingerprint density at radius 1 is 0.500 bits per heavy atom. The van der Waals surface area contributed by atoms with E-state index in [1.807, 2.05) is 48.5 Å². The van der Waals surface area contributed by atoms with Gasteiger partial charge < -0.3 is 53.2 Å². The molecular weight excluding hydrogens is 632 g/mol. The van der Waals surface area contributed by atoms with Crippen LogP contribution in [0.15, 0.2) is 97.1 Å². The van der Waals surface area contributed by atoms with Crippen LogP contribution in [-0.4, -0.2) is 83.2 Å². The molecule has 4 aromatic rings. The number of benzene rings is 4. The number of phenols is 4. The summed E-state index contributed by atoms with van der Waals surface area (Å²) in [6.45, 7) is 2.95. The fourth-order valence-corrected chi connectivity index (χ4v) is 5.83. The van der Waals surface area contributed by atoms with Gasteiger partial charge >= 0.3 is 0 Å². The highest BCUT2D eigenvalue weighted by atomic mass is 16.3. The third-order valence-corrected chi connectivity index (χ3v) is 8.60. The van der Waals surface area contributed by atoms with Crippen molar-refractivity contribution >= 4 is 5.91 Å². The highest BCUT2D eigenvalue weighted by molar-refractivity contribution is 5.73. The maximum absolute atomic E-state index is 11.3. The van der Waals surface area contributed by atoms with Gasteiger partial charge in [-0.3, -0.25) is 4.79 Å². The topological polar surface area (TPSA) is 198 Å². The van der Waals surface area contributed by atoms with Crippen LogP contribution in [0.2, 0.25) is 0 Å². The Morgan fingerprint density at radius 3 is 1.18 bits per heavy atom. The zero-order valence-electron chi connectivity index (χ0n) is 28.5. The van der Waals surface area contributed by atoms with E-state index in [1.165, 1.54) is 0 Å². The van der Waals surface area contributed by atoms with Crippen LogP contribution < -0.4 is 32.7 Å². The van der Waals surface area contributed by atoms with E-state index in [-0.39, 0.29) is 59.5 Å². The lowest BCUT2D eigenvalue weighted by Crippen LogP contribution is -2.52. The summed E-state index contributed by atoms with van der Waals surface area (Å²) < 4.78 is 0. The number of hydrogen-bond acceptors (Lipinski definition) is 10. The Kier molecular flexibility index (Phi) is 15.4. The minimum atomic E-state index is -0.351. The van der Waals surface area contributed by atoms with E-state index < -0.39 is 0 Å². The molecule has 1 amide bonds. The second-order valence-corrected chi connectivity index (χ2v) is 13.0. The van der Waals surface area contributed by atoms with Crippen LogP contribution in [0.4, 0.5) is 0 Å². The minimum absolute atomic E-state index is 0.0160. The first-order valence-corrected chi connectivity index (χ1v) is 17.2. The Balaban J connectivity index is 1.45. The molecule has 11 nitrogen and oxygen atoms in total. The molecule has 0 saturated carbocycles. The number of nitrogens with one attached hydrogen (secondary N) is 4. The van der Waals surface area contributed by atoms with Crippen molar-refractivity contribution in [3.8, 4) is 23.0 Å². The van der Waals surface area contributed by atoms with Gasteiger partial charge in [-0.25, -0.2) is 0 Å². The molecule has 12 N–H and O–H groups in total. The van der Waals surface area contributed by atoms with Gasteiger partial charge in [0.1, 0.15) is 23.0 Å². The fraction of sp³-hybridized carbons (Fsp3) is 0.359. The van der Waals surface area contributed by atoms with Gasteiger partial charge in [0.15, 0.2) is 0 Å². The summed E-state index contributed by atoms with van der Waals surface area (Å²) in [7, 11) is 0. The fourth-order valence-electron chi connectivity index (χ4n) is 5.83. The first kappa shape index (κ1) is 38.2. The SMILES string of the molecule is NC(=O)CCNC[C@H](Cc1ccc(O)cc1)NC[C@H](Cc1ccc(O)cc1)NC[C@H](Cc1ccc(O)cc1)NC[C@@H](N)Cc1ccc(O)cc1. The van der Waals surface area contributed by atoms with Crippen molar-refractivity contribution in [2.45, 2.75) is 56.3 Å². The molecule has 4 rings (SSSR count). The third-order valence-electron chi connectivity index (χ3n) is 8.60. The first-order valence-electron chi connectivity index (χ1n) is 17.2. The lowest BCUT2D eigenvalue weighted by atomic mass is 10.0. The first-order chi connectivity index (χ1) is 24.1. The molecule has 0 fully saturated rings. The predicted octanol–water partition coefficient (Wildman–Crippen LogP) is 2.45. The number of phenolic OH excluding ortho intramolecular Hbond substituents is 4. The van der Waals surface area contributed by atoms with Crippen molar-refractivity contribution in [3.63, 3.8) is 0 Å². The summed E-state index contributed by atoms with van der Waals surface area (Å²) in [5.41, 5.74) is 16.2. The zero-order valence-corrected chi connectivity index (χ0v) is 28.5. The highest BCUT2D eigenvalue weighted by Crippen LogP contribution is 2.15. The van der Waals surface area contributed by atoms with Gasteiger partial charge in [0, 0.05) is 63.3 Å². The Labute approximate surface area is 294 Å². The quantitative estimate of drug-likeness (QED) is 0.0549. The van der Waals surface area contributed by atoms with E-state index in [4.69, 9.17) is 11.5 Å². The van der Waals surface area contributed by atoms with Crippen LogP contribution in [0.5, 0.6) is 23.0 Å². The van der Waals surface area contributed by atoms with Gasteiger partial charge in [-0.1, -0.05) is 48.5 Å². The Hall–Kier alpha value is -4.65. The van der Waals surface area contributed by atoms with E-state index in [0.717, 1.165) is 22.3 Å². The second kappa shape index (κ2) is 20.1. The van der Waals surface area contributed by atoms with E-state index in [9.17, 15) is 25.2 Å². The number of carbonyl (C=O) groups is 1. The van der Waals surface area contributed by atoms with Crippen molar-refractivity contribution < 1.29 is 25.2 Å². The molecular formula is C39H52N6O5. The number of hydrogen-bond donors (Lipinski definition) is 10. The van der Waals surface area contributed by atoms with Gasteiger partial charge in [0.2, 0.25) is 5.91 Å². The van der Waals surface area contributed by atoms with Crippen molar-refractivity contribution in [1.82, 2.24) is 21.3 Å². The minimum Gasteiger partial charge on any atom is -0.508 e. The van der Waals surface area contributed by atoms with Crippen LogP contribution in [0.1, 0.15) is 28.7 Å². The lowest BCUT2D eigenvalue weighted by Gasteiger charge is -2.28. The van der Waals surface area contributed by atoms with Crippen LogP contribution in [0.3, 0.4) is 0 Å². The normalized spacial score (nSPS) is 13.8. The maximum Gasteiger partial charge on any atom is 0.218 e. The van der Waals surface area contributed by atoms with Crippen molar-refractivity contribution in [3.05, 3.63) is 119 Å². The smallest absolute Gasteiger partial charge is 0.218 e. The van der Waals surface area contributed by atoms with E-state index >= 15 is 0 Å².